The van der Waals surface area contributed by atoms with Crippen LogP contribution in [0.15, 0.2) is 0 Å². The summed E-state index contributed by atoms with van der Waals surface area (Å²) in [5.41, 5.74) is 1.34. The van der Waals surface area contributed by atoms with Gasteiger partial charge in [0.2, 0.25) is 0 Å². The molecule has 0 aliphatic heterocycles. The zero-order chi connectivity index (χ0) is 23.7. The molecule has 0 N–H and O–H groups in total. The highest BCUT2D eigenvalue weighted by Gasteiger charge is 2.60. The average Bonchev–Trinajstić information content (AvgIpc) is 3.13. The third-order valence-corrected chi connectivity index (χ3v) is 12.1. The maximum atomic E-state index is 2.76. The van der Waals surface area contributed by atoms with Crippen molar-refractivity contribution in [1.82, 2.24) is 0 Å². The van der Waals surface area contributed by atoms with Crippen molar-refractivity contribution in [2.45, 2.75) is 154 Å². The molecule has 0 spiro atoms. The molecule has 0 saturated heterocycles. The normalized spacial score (nSPS) is 42.5. The molecule has 204 valence electrons. The summed E-state index contributed by atoms with van der Waals surface area (Å²) in [6, 6.07) is 0. The average molecular weight is 477 g/mol. The van der Waals surface area contributed by atoms with Gasteiger partial charge in [0.15, 0.2) is 0 Å². The van der Waals surface area contributed by atoms with Crippen LogP contribution in [0, 0.1) is 64.1 Å². The van der Waals surface area contributed by atoms with Crippen molar-refractivity contribution in [3.8, 4) is 0 Å². The van der Waals surface area contributed by atoms with Gasteiger partial charge >= 0.3 is 0 Å². The van der Waals surface area contributed by atoms with Crippen molar-refractivity contribution in [3.05, 3.63) is 0 Å². The molecule has 10 unspecified atom stereocenters. The fraction of sp³-hybridized carbons (Fsp3) is 1.00. The van der Waals surface area contributed by atoms with Crippen LogP contribution < -0.4 is 0 Å². The summed E-state index contributed by atoms with van der Waals surface area (Å²) in [6.07, 6.45) is 18.2. The van der Waals surface area contributed by atoms with Crippen molar-refractivity contribution in [3.63, 3.8) is 0 Å². The van der Waals surface area contributed by atoms with E-state index in [1.165, 1.54) is 38.5 Å². The summed E-state index contributed by atoms with van der Waals surface area (Å²) >= 11 is 0. The van der Waals surface area contributed by atoms with Crippen LogP contribution in [0.1, 0.15) is 154 Å². The number of rotatable bonds is 6. The quantitative estimate of drug-likeness (QED) is 0.357. The van der Waals surface area contributed by atoms with Crippen molar-refractivity contribution >= 4 is 0 Å². The first-order chi connectivity index (χ1) is 15.2. The van der Waals surface area contributed by atoms with E-state index in [9.17, 15) is 0 Å². The van der Waals surface area contributed by atoms with Crippen LogP contribution >= 0.6 is 0 Å². The molecular formula is C34H68. The molecule has 0 heteroatoms. The van der Waals surface area contributed by atoms with Gasteiger partial charge in [0.1, 0.15) is 0 Å². The summed E-state index contributed by atoms with van der Waals surface area (Å²) in [4.78, 5) is 0. The van der Waals surface area contributed by atoms with E-state index in [1.54, 1.807) is 38.5 Å². The van der Waals surface area contributed by atoms with E-state index in [0.717, 1.165) is 53.3 Å². The Balaban J connectivity index is 0.00000141. The van der Waals surface area contributed by atoms with Crippen molar-refractivity contribution < 1.29 is 0 Å². The van der Waals surface area contributed by atoms with Crippen molar-refractivity contribution in [2.75, 3.05) is 0 Å². The summed E-state index contributed by atoms with van der Waals surface area (Å²) < 4.78 is 0. The number of hydrogen-bond donors (Lipinski definition) is 0. The topological polar surface area (TPSA) is 0 Å². The molecule has 4 fully saturated rings. The molecular weight excluding hydrogens is 408 g/mol. The minimum atomic E-state index is 0. The van der Waals surface area contributed by atoms with Gasteiger partial charge in [-0.2, -0.15) is 0 Å². The van der Waals surface area contributed by atoms with Crippen molar-refractivity contribution in [1.29, 1.82) is 0 Å². The van der Waals surface area contributed by atoms with Gasteiger partial charge in [-0.05, 0) is 122 Å². The lowest BCUT2D eigenvalue weighted by atomic mass is 9.44. The van der Waals surface area contributed by atoms with Crippen LogP contribution in [0.3, 0.4) is 0 Å². The lowest BCUT2D eigenvalue weighted by Gasteiger charge is -2.61. The number of fused-ring (bicyclic) bond motifs is 5. The molecule has 0 heterocycles. The van der Waals surface area contributed by atoms with E-state index in [1.807, 2.05) is 13.8 Å². The third-order valence-electron chi connectivity index (χ3n) is 12.1. The fourth-order valence-electron chi connectivity index (χ4n) is 10.1. The molecule has 0 aromatic heterocycles. The highest BCUT2D eigenvalue weighted by molar-refractivity contribution is 5.09. The highest BCUT2D eigenvalue weighted by atomic mass is 14.6. The molecule has 34 heavy (non-hydrogen) atoms. The minimum Gasteiger partial charge on any atom is -0.0776 e. The van der Waals surface area contributed by atoms with Gasteiger partial charge < -0.3 is 0 Å². The lowest BCUT2D eigenvalue weighted by molar-refractivity contribution is -0.120. The Bertz CT molecular complexity index is 577. The molecule has 4 saturated carbocycles. The van der Waals surface area contributed by atoms with Gasteiger partial charge in [-0.3, -0.25) is 0 Å². The van der Waals surface area contributed by atoms with Gasteiger partial charge in [0, 0.05) is 0 Å². The van der Waals surface area contributed by atoms with Crippen LogP contribution in [0.25, 0.3) is 0 Å². The van der Waals surface area contributed by atoms with E-state index in [0.29, 0.717) is 10.8 Å². The second-order valence-electron chi connectivity index (χ2n) is 13.7. The maximum absolute atomic E-state index is 2.76. The van der Waals surface area contributed by atoms with Gasteiger partial charge in [-0.25, -0.2) is 0 Å². The van der Waals surface area contributed by atoms with Crippen LogP contribution in [-0.2, 0) is 0 Å². The standard InChI is InChI=1S/C30H54.C2H6.2CH4/c1-8-23(20(2)3)10-9-22(5)26-13-14-27-25-12-11-24-19-21(4)15-17-29(24,6)28(25)16-18-30(26,27)7;1-2;;/h20-28H,8-19H2,1-7H3;1-2H3;2*1H4. The smallest absolute Gasteiger partial charge is 0.0264 e. The molecule has 0 nitrogen and oxygen atoms in total. The van der Waals surface area contributed by atoms with Crippen LogP contribution in [0.2, 0.25) is 0 Å². The molecule has 10 atom stereocenters. The zero-order valence-corrected chi connectivity index (χ0v) is 23.7. The van der Waals surface area contributed by atoms with Crippen molar-refractivity contribution in [2.24, 2.45) is 64.1 Å². The molecule has 0 aromatic rings. The molecule has 0 aromatic carbocycles. The second kappa shape index (κ2) is 13.0. The maximum Gasteiger partial charge on any atom is -0.0264 e. The van der Waals surface area contributed by atoms with Crippen LogP contribution in [0.4, 0.5) is 0 Å². The molecule has 0 amide bonds. The van der Waals surface area contributed by atoms with Gasteiger partial charge in [-0.1, -0.05) is 96.4 Å². The predicted molar refractivity (Wildman–Crippen MR) is 156 cm³/mol. The summed E-state index contributed by atoms with van der Waals surface area (Å²) in [6.45, 7) is 22.0. The van der Waals surface area contributed by atoms with Crippen LogP contribution in [0.5, 0.6) is 0 Å². The molecule has 0 radical (unpaired) electrons. The van der Waals surface area contributed by atoms with E-state index >= 15 is 0 Å². The highest BCUT2D eigenvalue weighted by Crippen LogP contribution is 2.68. The molecule has 0 bridgehead atoms. The molecule has 4 aliphatic rings. The summed E-state index contributed by atoms with van der Waals surface area (Å²) in [7, 11) is 0. The lowest BCUT2D eigenvalue weighted by Crippen LogP contribution is -2.53. The van der Waals surface area contributed by atoms with Gasteiger partial charge in [-0.15, -0.1) is 0 Å². The third kappa shape index (κ3) is 5.77. The van der Waals surface area contributed by atoms with Crippen LogP contribution in [-0.4, -0.2) is 0 Å². The summed E-state index contributed by atoms with van der Waals surface area (Å²) in [5.74, 6) is 8.95. The Morgan fingerprint density at radius 2 is 1.38 bits per heavy atom. The second-order valence-corrected chi connectivity index (χ2v) is 13.7. The molecule has 4 aliphatic carbocycles. The minimum absolute atomic E-state index is 0. The fourth-order valence-corrected chi connectivity index (χ4v) is 10.1. The van der Waals surface area contributed by atoms with E-state index in [2.05, 4.69) is 48.5 Å². The Labute approximate surface area is 218 Å². The molecule has 4 rings (SSSR count). The SMILES string of the molecule is C.C.CC.CCC(CCC(C)C1CCC2C3CCC4CC(C)CCC4(C)C3CCC12C)C(C)C. The van der Waals surface area contributed by atoms with Gasteiger partial charge in [0.05, 0.1) is 0 Å². The summed E-state index contributed by atoms with van der Waals surface area (Å²) in [5, 5.41) is 0. The van der Waals surface area contributed by atoms with E-state index < -0.39 is 0 Å². The Kier molecular flexibility index (Phi) is 12.2. The zero-order valence-electron chi connectivity index (χ0n) is 23.7. The Morgan fingerprint density at radius 1 is 0.765 bits per heavy atom. The number of hydrogen-bond acceptors (Lipinski definition) is 0. The first kappa shape index (κ1) is 32.0. The largest absolute Gasteiger partial charge is 0.0776 e. The van der Waals surface area contributed by atoms with E-state index in [4.69, 9.17) is 0 Å². The Morgan fingerprint density at radius 3 is 2.00 bits per heavy atom. The monoisotopic (exact) mass is 477 g/mol. The van der Waals surface area contributed by atoms with Gasteiger partial charge in [0.25, 0.3) is 0 Å². The predicted octanol–water partition coefficient (Wildman–Crippen LogP) is 11.7. The first-order valence-corrected chi connectivity index (χ1v) is 15.2. The van der Waals surface area contributed by atoms with E-state index in [-0.39, 0.29) is 14.9 Å². The Hall–Kier alpha value is 0. The first-order valence-electron chi connectivity index (χ1n) is 15.2.